The number of hydrogen-bond acceptors (Lipinski definition) is 3. The molecule has 1 fully saturated rings. The number of pyridine rings is 1. The second-order valence-electron chi connectivity index (χ2n) is 6.49. The van der Waals surface area contributed by atoms with Crippen molar-refractivity contribution >= 4 is 27.5 Å². The molecule has 2 aliphatic rings. The van der Waals surface area contributed by atoms with Gasteiger partial charge in [-0.15, -0.1) is 0 Å². The quantitative estimate of drug-likeness (QED) is 0.829. The zero-order valence-electron chi connectivity index (χ0n) is 13.4. The van der Waals surface area contributed by atoms with E-state index >= 15 is 0 Å². The Labute approximate surface area is 150 Å². The molecule has 0 spiro atoms. The molecule has 24 heavy (non-hydrogen) atoms. The van der Waals surface area contributed by atoms with Crippen molar-refractivity contribution in [3.63, 3.8) is 0 Å². The smallest absolute Gasteiger partial charge is 0.258 e. The molecular formula is C19H20BrN3O. The van der Waals surface area contributed by atoms with Crippen molar-refractivity contribution in [3.8, 4) is 0 Å². The summed E-state index contributed by atoms with van der Waals surface area (Å²) < 4.78 is 1.04. The molecule has 0 saturated heterocycles. The third-order valence-corrected chi connectivity index (χ3v) is 5.48. The molecule has 5 heteroatoms. The second-order valence-corrected chi connectivity index (χ2v) is 7.41. The lowest BCUT2D eigenvalue weighted by atomic mass is 9.94. The highest BCUT2D eigenvalue weighted by molar-refractivity contribution is 9.10. The molecule has 1 amide bonds. The summed E-state index contributed by atoms with van der Waals surface area (Å²) in [5, 5.41) is 3.52. The summed E-state index contributed by atoms with van der Waals surface area (Å²) in [4.78, 5) is 19.5. The number of carbonyl (C=O) groups excluding carboxylic acids is 1. The number of nitrogens with one attached hydrogen (secondary N) is 1. The predicted molar refractivity (Wildman–Crippen MR) is 97.8 cm³/mol. The minimum Gasteiger partial charge on any atom is -0.360 e. The van der Waals surface area contributed by atoms with E-state index in [0.717, 1.165) is 34.3 Å². The average molecular weight is 386 g/mol. The molecule has 124 valence electrons. The first-order valence-corrected chi connectivity index (χ1v) is 9.33. The summed E-state index contributed by atoms with van der Waals surface area (Å²) in [6.07, 6.45) is 7.42. The SMILES string of the molecule is O=C1c2cccnc2[C@H](Nc2ccc(Br)cc2)N1C1CCCCC1. The molecule has 0 unspecified atom stereocenters. The standard InChI is InChI=1S/C19H20BrN3O/c20-13-8-10-14(11-9-13)22-18-17-16(7-4-12-21-17)19(24)23(18)15-5-2-1-3-6-15/h4,7-12,15,18,22H,1-3,5-6H2/t18-/m1/s1. The van der Waals surface area contributed by atoms with Gasteiger partial charge in [-0.2, -0.15) is 0 Å². The van der Waals surface area contributed by atoms with Crippen LogP contribution < -0.4 is 5.32 Å². The van der Waals surface area contributed by atoms with E-state index in [9.17, 15) is 4.79 Å². The predicted octanol–water partition coefficient (Wildman–Crippen LogP) is 4.74. The molecule has 1 aliphatic heterocycles. The summed E-state index contributed by atoms with van der Waals surface area (Å²) in [5.74, 6) is 0.111. The van der Waals surface area contributed by atoms with E-state index in [4.69, 9.17) is 0 Å². The number of nitrogens with zero attached hydrogens (tertiary/aromatic N) is 2. The van der Waals surface area contributed by atoms with Crippen molar-refractivity contribution in [2.45, 2.75) is 44.3 Å². The minimum absolute atomic E-state index is 0.111. The van der Waals surface area contributed by atoms with Crippen molar-refractivity contribution in [2.75, 3.05) is 5.32 Å². The van der Waals surface area contributed by atoms with Crippen molar-refractivity contribution in [2.24, 2.45) is 0 Å². The molecule has 1 aromatic heterocycles. The zero-order valence-corrected chi connectivity index (χ0v) is 15.0. The number of rotatable bonds is 3. The van der Waals surface area contributed by atoms with Crippen LogP contribution in [0.4, 0.5) is 5.69 Å². The first kappa shape index (κ1) is 15.6. The maximum Gasteiger partial charge on any atom is 0.258 e. The lowest BCUT2D eigenvalue weighted by molar-refractivity contribution is 0.0599. The number of anilines is 1. The Morgan fingerprint density at radius 1 is 1.08 bits per heavy atom. The molecule has 4 nitrogen and oxygen atoms in total. The topological polar surface area (TPSA) is 45.2 Å². The average Bonchev–Trinajstić information content (AvgIpc) is 2.90. The first-order valence-electron chi connectivity index (χ1n) is 8.54. The first-order chi connectivity index (χ1) is 11.7. The molecule has 1 aliphatic carbocycles. The van der Waals surface area contributed by atoms with Gasteiger partial charge in [0.25, 0.3) is 5.91 Å². The van der Waals surface area contributed by atoms with Crippen LogP contribution in [-0.2, 0) is 0 Å². The summed E-state index contributed by atoms with van der Waals surface area (Å²) >= 11 is 3.46. The van der Waals surface area contributed by atoms with Crippen LogP contribution in [0.1, 0.15) is 54.3 Å². The third-order valence-electron chi connectivity index (χ3n) is 4.96. The van der Waals surface area contributed by atoms with Crippen molar-refractivity contribution in [1.29, 1.82) is 0 Å². The molecule has 1 saturated carbocycles. The van der Waals surface area contributed by atoms with E-state index < -0.39 is 0 Å². The second kappa shape index (κ2) is 6.55. The van der Waals surface area contributed by atoms with E-state index in [1.807, 2.05) is 41.3 Å². The van der Waals surface area contributed by atoms with Gasteiger partial charge in [0.1, 0.15) is 6.17 Å². The number of amides is 1. The Morgan fingerprint density at radius 3 is 2.58 bits per heavy atom. The van der Waals surface area contributed by atoms with Gasteiger partial charge in [0.15, 0.2) is 0 Å². The van der Waals surface area contributed by atoms with Gasteiger partial charge in [0.05, 0.1) is 11.3 Å². The Kier molecular flexibility index (Phi) is 4.27. The molecule has 1 atom stereocenters. The van der Waals surface area contributed by atoms with Gasteiger partial charge in [-0.05, 0) is 49.2 Å². The molecule has 4 rings (SSSR count). The number of benzene rings is 1. The minimum atomic E-state index is -0.182. The molecular weight excluding hydrogens is 366 g/mol. The van der Waals surface area contributed by atoms with Crippen LogP contribution >= 0.6 is 15.9 Å². The largest absolute Gasteiger partial charge is 0.360 e. The van der Waals surface area contributed by atoms with Crippen LogP contribution in [0.2, 0.25) is 0 Å². The number of aromatic nitrogens is 1. The Hall–Kier alpha value is -1.88. The van der Waals surface area contributed by atoms with Gasteiger partial charge in [-0.1, -0.05) is 35.2 Å². The summed E-state index contributed by atoms with van der Waals surface area (Å²) in [7, 11) is 0. The van der Waals surface area contributed by atoms with Gasteiger partial charge in [-0.3, -0.25) is 9.78 Å². The number of fused-ring (bicyclic) bond motifs is 1. The Balaban J connectivity index is 1.68. The fraction of sp³-hybridized carbons (Fsp3) is 0.368. The fourth-order valence-electron chi connectivity index (χ4n) is 3.78. The Morgan fingerprint density at radius 2 is 1.83 bits per heavy atom. The van der Waals surface area contributed by atoms with E-state index in [1.165, 1.54) is 19.3 Å². The van der Waals surface area contributed by atoms with Gasteiger partial charge < -0.3 is 10.2 Å². The maximum absolute atomic E-state index is 13.0. The lowest BCUT2D eigenvalue weighted by Crippen LogP contribution is -2.42. The maximum atomic E-state index is 13.0. The highest BCUT2D eigenvalue weighted by Crippen LogP contribution is 2.38. The monoisotopic (exact) mass is 385 g/mol. The van der Waals surface area contributed by atoms with Crippen LogP contribution in [0.25, 0.3) is 0 Å². The molecule has 2 heterocycles. The van der Waals surface area contributed by atoms with Crippen LogP contribution in [-0.4, -0.2) is 21.8 Å². The van der Waals surface area contributed by atoms with Gasteiger partial charge in [0.2, 0.25) is 0 Å². The molecule has 1 aromatic carbocycles. The van der Waals surface area contributed by atoms with Gasteiger partial charge in [0, 0.05) is 22.4 Å². The van der Waals surface area contributed by atoms with Crippen LogP contribution in [0.3, 0.4) is 0 Å². The summed E-state index contributed by atoms with van der Waals surface area (Å²) in [6.45, 7) is 0. The number of carbonyl (C=O) groups is 1. The van der Waals surface area contributed by atoms with Gasteiger partial charge in [-0.25, -0.2) is 0 Å². The zero-order chi connectivity index (χ0) is 16.5. The molecule has 2 aromatic rings. The van der Waals surface area contributed by atoms with E-state index in [2.05, 4.69) is 26.2 Å². The van der Waals surface area contributed by atoms with Crippen molar-refractivity contribution < 1.29 is 4.79 Å². The number of halogens is 1. The van der Waals surface area contributed by atoms with E-state index in [0.29, 0.717) is 6.04 Å². The fourth-order valence-corrected chi connectivity index (χ4v) is 4.05. The van der Waals surface area contributed by atoms with E-state index in [1.54, 1.807) is 6.20 Å². The van der Waals surface area contributed by atoms with Crippen LogP contribution in [0, 0.1) is 0 Å². The molecule has 1 N–H and O–H groups in total. The van der Waals surface area contributed by atoms with E-state index in [-0.39, 0.29) is 12.1 Å². The third kappa shape index (κ3) is 2.81. The highest BCUT2D eigenvalue weighted by Gasteiger charge is 2.41. The normalized spacial score (nSPS) is 21.0. The highest BCUT2D eigenvalue weighted by atomic mass is 79.9. The molecule has 0 bridgehead atoms. The lowest BCUT2D eigenvalue weighted by Gasteiger charge is -2.36. The Bertz CT molecular complexity index is 741. The number of hydrogen-bond donors (Lipinski definition) is 1. The van der Waals surface area contributed by atoms with Crippen LogP contribution in [0.15, 0.2) is 47.1 Å². The summed E-state index contributed by atoms with van der Waals surface area (Å²) in [5.41, 5.74) is 2.57. The summed E-state index contributed by atoms with van der Waals surface area (Å²) in [6, 6.07) is 12.1. The van der Waals surface area contributed by atoms with Crippen molar-refractivity contribution in [3.05, 3.63) is 58.3 Å². The van der Waals surface area contributed by atoms with Crippen molar-refractivity contribution in [1.82, 2.24) is 9.88 Å². The van der Waals surface area contributed by atoms with Crippen LogP contribution in [0.5, 0.6) is 0 Å². The van der Waals surface area contributed by atoms with Gasteiger partial charge >= 0.3 is 0 Å². The molecule has 0 radical (unpaired) electrons.